The third-order valence-electron chi connectivity index (χ3n) is 3.50. The molecule has 0 fully saturated rings. The van der Waals surface area contributed by atoms with E-state index in [1.807, 2.05) is 6.07 Å². The van der Waals surface area contributed by atoms with Crippen molar-refractivity contribution in [3.63, 3.8) is 0 Å². The predicted molar refractivity (Wildman–Crippen MR) is 85.5 cm³/mol. The zero-order chi connectivity index (χ0) is 17.5. The average molecular weight is 324 g/mol. The van der Waals surface area contributed by atoms with E-state index in [9.17, 15) is 9.59 Å². The Morgan fingerprint density at radius 3 is 2.43 bits per heavy atom. The Morgan fingerprint density at radius 2 is 1.91 bits per heavy atom. The molecule has 7 nitrogen and oxygen atoms in total. The van der Waals surface area contributed by atoms with Gasteiger partial charge in [0.15, 0.2) is 0 Å². The molecule has 1 aromatic rings. The topological polar surface area (TPSA) is 99.9 Å². The first-order valence-corrected chi connectivity index (χ1v) is 7.17. The quantitative estimate of drug-likeness (QED) is 0.694. The SMILES string of the molecule is COC[C@](C)(NC(=O)CCc1cc(OC)ccc1OC)C(N)=O. The zero-order valence-electron chi connectivity index (χ0n) is 14.0. The van der Waals surface area contributed by atoms with Gasteiger partial charge in [-0.15, -0.1) is 0 Å². The Bertz CT molecular complexity index is 561. The van der Waals surface area contributed by atoms with Crippen molar-refractivity contribution in [3.05, 3.63) is 23.8 Å². The van der Waals surface area contributed by atoms with Gasteiger partial charge < -0.3 is 25.3 Å². The molecule has 7 heteroatoms. The molecule has 1 aromatic carbocycles. The van der Waals surface area contributed by atoms with E-state index in [2.05, 4.69) is 5.32 Å². The van der Waals surface area contributed by atoms with Crippen LogP contribution >= 0.6 is 0 Å². The minimum atomic E-state index is -1.23. The summed E-state index contributed by atoms with van der Waals surface area (Å²) in [4.78, 5) is 23.6. The second-order valence-corrected chi connectivity index (χ2v) is 5.36. The lowest BCUT2D eigenvalue weighted by Gasteiger charge is -2.26. The van der Waals surface area contributed by atoms with E-state index in [0.29, 0.717) is 17.9 Å². The highest BCUT2D eigenvalue weighted by molar-refractivity contribution is 5.90. The Balaban J connectivity index is 2.74. The van der Waals surface area contributed by atoms with Crippen LogP contribution in [0.3, 0.4) is 0 Å². The first-order valence-electron chi connectivity index (χ1n) is 7.17. The van der Waals surface area contributed by atoms with Gasteiger partial charge in [-0.1, -0.05) is 0 Å². The standard InChI is InChI=1S/C16H24N2O5/c1-16(10-21-2,15(17)20)18-14(19)8-5-11-9-12(22-3)6-7-13(11)23-4/h6-7,9H,5,8,10H2,1-4H3,(H2,17,20)(H,18,19)/t16-/m0/s1. The number of hydrogen-bond donors (Lipinski definition) is 2. The highest BCUT2D eigenvalue weighted by Gasteiger charge is 2.32. The molecule has 0 saturated heterocycles. The molecule has 2 amide bonds. The van der Waals surface area contributed by atoms with E-state index < -0.39 is 11.4 Å². The van der Waals surface area contributed by atoms with Crippen molar-refractivity contribution in [1.29, 1.82) is 0 Å². The number of benzene rings is 1. The Labute approximate surface area is 136 Å². The number of rotatable bonds is 9. The first kappa shape index (κ1) is 18.8. The largest absolute Gasteiger partial charge is 0.497 e. The smallest absolute Gasteiger partial charge is 0.245 e. The third-order valence-corrected chi connectivity index (χ3v) is 3.50. The molecule has 0 aromatic heterocycles. The highest BCUT2D eigenvalue weighted by Crippen LogP contribution is 2.25. The van der Waals surface area contributed by atoms with Gasteiger partial charge in [0, 0.05) is 13.5 Å². The fourth-order valence-corrected chi connectivity index (χ4v) is 2.15. The van der Waals surface area contributed by atoms with Crippen LogP contribution in [0.25, 0.3) is 0 Å². The molecule has 23 heavy (non-hydrogen) atoms. The molecular weight excluding hydrogens is 300 g/mol. The number of amides is 2. The van der Waals surface area contributed by atoms with Gasteiger partial charge in [0.1, 0.15) is 17.0 Å². The number of hydrogen-bond acceptors (Lipinski definition) is 5. The maximum Gasteiger partial charge on any atom is 0.245 e. The third kappa shape index (κ3) is 5.14. The number of aryl methyl sites for hydroxylation is 1. The summed E-state index contributed by atoms with van der Waals surface area (Å²) in [5.41, 5.74) is 4.94. The number of carbonyl (C=O) groups is 2. The van der Waals surface area contributed by atoms with Gasteiger partial charge in [-0.2, -0.15) is 0 Å². The van der Waals surface area contributed by atoms with Crippen LogP contribution in [-0.2, 0) is 20.7 Å². The van der Waals surface area contributed by atoms with Crippen LogP contribution in [0.1, 0.15) is 18.9 Å². The maximum atomic E-state index is 12.1. The summed E-state index contributed by atoms with van der Waals surface area (Å²) >= 11 is 0. The van der Waals surface area contributed by atoms with Crippen LogP contribution in [-0.4, -0.2) is 45.3 Å². The van der Waals surface area contributed by atoms with Gasteiger partial charge >= 0.3 is 0 Å². The van der Waals surface area contributed by atoms with Crippen LogP contribution in [0, 0.1) is 0 Å². The predicted octanol–water partition coefficient (Wildman–Crippen LogP) is 0.643. The van der Waals surface area contributed by atoms with Crippen molar-refractivity contribution >= 4 is 11.8 Å². The molecule has 0 aliphatic heterocycles. The van der Waals surface area contributed by atoms with Crippen molar-refractivity contribution in [2.45, 2.75) is 25.3 Å². The Morgan fingerprint density at radius 1 is 1.22 bits per heavy atom. The fraction of sp³-hybridized carbons (Fsp3) is 0.500. The summed E-state index contributed by atoms with van der Waals surface area (Å²) in [6.45, 7) is 1.54. The molecule has 0 radical (unpaired) electrons. The molecule has 0 spiro atoms. The van der Waals surface area contributed by atoms with Crippen molar-refractivity contribution in [1.82, 2.24) is 5.32 Å². The van der Waals surface area contributed by atoms with Gasteiger partial charge in [0.2, 0.25) is 11.8 Å². The van der Waals surface area contributed by atoms with Crippen molar-refractivity contribution in [2.75, 3.05) is 27.9 Å². The van der Waals surface area contributed by atoms with E-state index in [1.54, 1.807) is 26.4 Å². The molecule has 0 bridgehead atoms. The summed E-state index contributed by atoms with van der Waals surface area (Å²) in [6.07, 6.45) is 0.615. The van der Waals surface area contributed by atoms with Crippen molar-refractivity contribution in [3.8, 4) is 11.5 Å². The van der Waals surface area contributed by atoms with Gasteiger partial charge in [0.05, 0.1) is 20.8 Å². The summed E-state index contributed by atoms with van der Waals surface area (Å²) < 4.78 is 15.4. The van der Waals surface area contributed by atoms with E-state index in [0.717, 1.165) is 5.56 Å². The maximum absolute atomic E-state index is 12.1. The van der Waals surface area contributed by atoms with Crippen LogP contribution < -0.4 is 20.5 Å². The van der Waals surface area contributed by atoms with Crippen molar-refractivity contribution < 1.29 is 23.8 Å². The van der Waals surface area contributed by atoms with Gasteiger partial charge in [-0.3, -0.25) is 9.59 Å². The summed E-state index contributed by atoms with van der Waals surface area (Å²) in [7, 11) is 4.57. The minimum absolute atomic E-state index is 0.0105. The minimum Gasteiger partial charge on any atom is -0.497 e. The van der Waals surface area contributed by atoms with E-state index in [-0.39, 0.29) is 18.9 Å². The van der Waals surface area contributed by atoms with Crippen LogP contribution in [0.15, 0.2) is 18.2 Å². The summed E-state index contributed by atoms with van der Waals surface area (Å²) in [6, 6.07) is 5.38. The van der Waals surface area contributed by atoms with Crippen LogP contribution in [0.2, 0.25) is 0 Å². The lowest BCUT2D eigenvalue weighted by Crippen LogP contribution is -2.58. The van der Waals surface area contributed by atoms with Gasteiger partial charge in [-0.25, -0.2) is 0 Å². The molecule has 0 saturated carbocycles. The lowest BCUT2D eigenvalue weighted by atomic mass is 10.0. The monoisotopic (exact) mass is 324 g/mol. The Hall–Kier alpha value is -2.28. The van der Waals surface area contributed by atoms with Gasteiger partial charge in [0.25, 0.3) is 0 Å². The number of ether oxygens (including phenoxy) is 3. The molecule has 0 aliphatic rings. The van der Waals surface area contributed by atoms with E-state index in [1.165, 1.54) is 14.0 Å². The molecule has 0 heterocycles. The average Bonchev–Trinajstić information content (AvgIpc) is 2.52. The molecule has 1 rings (SSSR count). The highest BCUT2D eigenvalue weighted by atomic mass is 16.5. The molecule has 1 atom stereocenters. The number of nitrogens with two attached hydrogens (primary N) is 1. The number of methoxy groups -OCH3 is 3. The van der Waals surface area contributed by atoms with E-state index >= 15 is 0 Å². The molecule has 0 unspecified atom stereocenters. The number of primary amides is 1. The molecule has 128 valence electrons. The summed E-state index contributed by atoms with van der Waals surface area (Å²) in [5.74, 6) is 0.413. The van der Waals surface area contributed by atoms with Gasteiger partial charge in [-0.05, 0) is 37.1 Å². The second kappa shape index (κ2) is 8.38. The van der Waals surface area contributed by atoms with Crippen molar-refractivity contribution in [2.24, 2.45) is 5.73 Å². The van der Waals surface area contributed by atoms with E-state index in [4.69, 9.17) is 19.9 Å². The molecule has 0 aliphatic carbocycles. The summed E-state index contributed by atoms with van der Waals surface area (Å²) in [5, 5.41) is 2.62. The zero-order valence-corrected chi connectivity index (χ0v) is 14.0. The normalized spacial score (nSPS) is 13.0. The van der Waals surface area contributed by atoms with Crippen LogP contribution in [0.4, 0.5) is 0 Å². The van der Waals surface area contributed by atoms with Crippen LogP contribution in [0.5, 0.6) is 11.5 Å². The fourth-order valence-electron chi connectivity index (χ4n) is 2.15. The first-order chi connectivity index (χ1) is 10.9. The molecular formula is C16H24N2O5. The Kier molecular flexibility index (Phi) is 6.84. The number of carbonyl (C=O) groups excluding carboxylic acids is 2. The lowest BCUT2D eigenvalue weighted by molar-refractivity contribution is -0.133. The molecule has 3 N–H and O–H groups in total. The number of nitrogens with one attached hydrogen (secondary N) is 1. The second-order valence-electron chi connectivity index (χ2n) is 5.36.